The molecule has 0 aromatic carbocycles. The van der Waals surface area contributed by atoms with Crippen LogP contribution in [0.1, 0.15) is 30.3 Å². The van der Waals surface area contributed by atoms with E-state index in [1.54, 1.807) is 0 Å². The Morgan fingerprint density at radius 1 is 1.45 bits per heavy atom. The summed E-state index contributed by atoms with van der Waals surface area (Å²) in [6.45, 7) is 2.03. The zero-order valence-corrected chi connectivity index (χ0v) is 11.2. The van der Waals surface area contributed by atoms with Crippen LogP contribution in [-0.2, 0) is 16.1 Å². The summed E-state index contributed by atoms with van der Waals surface area (Å²) in [5.74, 6) is -2.18. The summed E-state index contributed by atoms with van der Waals surface area (Å²) in [6, 6.07) is 0. The molecule has 1 aromatic rings. The van der Waals surface area contributed by atoms with Crippen molar-refractivity contribution in [2.45, 2.75) is 26.3 Å². The monoisotopic (exact) mass is 283 g/mol. The Bertz CT molecular complexity index is 499. The number of carbonyl (C=O) groups excluding carboxylic acids is 2. The highest BCUT2D eigenvalue weighted by molar-refractivity contribution is 5.85. The first-order valence-corrected chi connectivity index (χ1v) is 6.13. The van der Waals surface area contributed by atoms with Crippen LogP contribution in [0.5, 0.6) is 0 Å². The van der Waals surface area contributed by atoms with E-state index in [9.17, 15) is 14.4 Å². The van der Waals surface area contributed by atoms with Crippen molar-refractivity contribution in [1.29, 1.82) is 0 Å². The van der Waals surface area contributed by atoms with E-state index in [0.717, 1.165) is 23.7 Å². The molecule has 0 aliphatic carbocycles. The molecule has 1 aromatic heterocycles. The normalized spacial score (nSPS) is 10.2. The van der Waals surface area contributed by atoms with Gasteiger partial charge in [0.1, 0.15) is 6.54 Å². The molecule has 0 saturated heterocycles. The Balaban J connectivity index is 2.68. The number of nitrogens with zero attached hydrogens (tertiary/aromatic N) is 4. The van der Waals surface area contributed by atoms with Crippen LogP contribution in [0.4, 0.5) is 0 Å². The maximum absolute atomic E-state index is 12.0. The molecule has 0 spiro atoms. The summed E-state index contributed by atoms with van der Waals surface area (Å²) in [5, 5.41) is 15.6. The summed E-state index contributed by atoms with van der Waals surface area (Å²) in [5.41, 5.74) is 4.85. The second-order valence-corrected chi connectivity index (χ2v) is 4.24. The second kappa shape index (κ2) is 7.22. The van der Waals surface area contributed by atoms with Gasteiger partial charge >= 0.3 is 5.97 Å². The van der Waals surface area contributed by atoms with Crippen LogP contribution in [0.2, 0.25) is 0 Å². The maximum atomic E-state index is 12.0. The first-order chi connectivity index (χ1) is 9.43. The van der Waals surface area contributed by atoms with Crippen LogP contribution >= 0.6 is 0 Å². The van der Waals surface area contributed by atoms with E-state index in [0.29, 0.717) is 6.54 Å². The van der Waals surface area contributed by atoms with E-state index in [-0.39, 0.29) is 24.7 Å². The van der Waals surface area contributed by atoms with Crippen LogP contribution in [0, 0.1) is 0 Å². The van der Waals surface area contributed by atoms with Gasteiger partial charge in [-0.05, 0) is 6.42 Å². The number of aromatic nitrogens is 3. The minimum atomic E-state index is -1.22. The summed E-state index contributed by atoms with van der Waals surface area (Å²) >= 11 is 0. The largest absolute Gasteiger partial charge is 0.476 e. The van der Waals surface area contributed by atoms with E-state index in [1.807, 2.05) is 6.92 Å². The second-order valence-electron chi connectivity index (χ2n) is 4.24. The molecule has 0 atom stereocenters. The van der Waals surface area contributed by atoms with E-state index < -0.39 is 11.9 Å². The van der Waals surface area contributed by atoms with Gasteiger partial charge in [0.15, 0.2) is 5.69 Å². The lowest BCUT2D eigenvalue weighted by molar-refractivity contribution is -0.136. The molecule has 20 heavy (non-hydrogen) atoms. The molecule has 0 bridgehead atoms. The van der Waals surface area contributed by atoms with Crippen LogP contribution in [-0.4, -0.2) is 55.9 Å². The highest BCUT2D eigenvalue weighted by Gasteiger charge is 2.17. The van der Waals surface area contributed by atoms with Crippen molar-refractivity contribution in [1.82, 2.24) is 19.9 Å². The first kappa shape index (κ1) is 15.6. The number of primary amides is 1. The topological polar surface area (TPSA) is 131 Å². The quantitative estimate of drug-likeness (QED) is 0.635. The molecule has 9 heteroatoms. The van der Waals surface area contributed by atoms with Crippen LogP contribution in [0.3, 0.4) is 0 Å². The summed E-state index contributed by atoms with van der Waals surface area (Å²) in [7, 11) is 0. The Morgan fingerprint density at radius 2 is 2.15 bits per heavy atom. The number of amides is 2. The fourth-order valence-corrected chi connectivity index (χ4v) is 1.54. The van der Waals surface area contributed by atoms with Gasteiger partial charge < -0.3 is 15.7 Å². The zero-order valence-electron chi connectivity index (χ0n) is 11.2. The summed E-state index contributed by atoms with van der Waals surface area (Å²) < 4.78 is 1.12. The molecular formula is C11H17N5O4. The van der Waals surface area contributed by atoms with E-state index in [1.165, 1.54) is 4.90 Å². The summed E-state index contributed by atoms with van der Waals surface area (Å²) in [4.78, 5) is 34.9. The van der Waals surface area contributed by atoms with E-state index in [2.05, 4.69) is 10.3 Å². The lowest BCUT2D eigenvalue weighted by Gasteiger charge is -2.20. The number of nitrogens with two attached hydrogens (primary N) is 1. The average molecular weight is 283 g/mol. The van der Waals surface area contributed by atoms with Gasteiger partial charge in [-0.3, -0.25) is 9.59 Å². The highest BCUT2D eigenvalue weighted by Crippen LogP contribution is 1.99. The number of carboxylic acids is 1. The van der Waals surface area contributed by atoms with Crippen molar-refractivity contribution in [2.24, 2.45) is 5.73 Å². The molecule has 0 radical (unpaired) electrons. The maximum Gasteiger partial charge on any atom is 0.358 e. The Morgan fingerprint density at radius 3 is 2.65 bits per heavy atom. The average Bonchev–Trinajstić information content (AvgIpc) is 2.82. The molecule has 0 aliphatic rings. The minimum Gasteiger partial charge on any atom is -0.476 e. The van der Waals surface area contributed by atoms with Gasteiger partial charge in [0.2, 0.25) is 11.8 Å². The third-order valence-corrected chi connectivity index (χ3v) is 2.54. The zero-order chi connectivity index (χ0) is 15.1. The number of hydrogen-bond donors (Lipinski definition) is 2. The van der Waals surface area contributed by atoms with Crippen molar-refractivity contribution >= 4 is 17.8 Å². The van der Waals surface area contributed by atoms with Crippen molar-refractivity contribution < 1.29 is 19.5 Å². The third-order valence-electron chi connectivity index (χ3n) is 2.54. The van der Waals surface area contributed by atoms with Crippen molar-refractivity contribution in [3.05, 3.63) is 11.9 Å². The fourth-order valence-electron chi connectivity index (χ4n) is 1.54. The standard InChI is InChI=1S/C11H17N5O4/c1-2-3-4-15(6-9(12)17)10(18)7-16-5-8(11(19)20)13-14-16/h5H,2-4,6-7H2,1H3,(H2,12,17)(H,19,20). The third kappa shape index (κ3) is 4.67. The predicted molar refractivity (Wildman–Crippen MR) is 67.7 cm³/mol. The highest BCUT2D eigenvalue weighted by atomic mass is 16.4. The Labute approximate surface area is 115 Å². The number of rotatable bonds is 8. The number of hydrogen-bond acceptors (Lipinski definition) is 5. The number of aromatic carboxylic acids is 1. The van der Waals surface area contributed by atoms with Gasteiger partial charge in [-0.1, -0.05) is 18.6 Å². The van der Waals surface area contributed by atoms with Crippen LogP contribution in [0.25, 0.3) is 0 Å². The van der Waals surface area contributed by atoms with Gasteiger partial charge in [-0.2, -0.15) is 0 Å². The van der Waals surface area contributed by atoms with Crippen molar-refractivity contribution in [3.63, 3.8) is 0 Å². The summed E-state index contributed by atoms with van der Waals surface area (Å²) in [6.07, 6.45) is 2.77. The number of carboxylic acid groups (broad SMARTS) is 1. The molecule has 9 nitrogen and oxygen atoms in total. The molecule has 0 fully saturated rings. The van der Waals surface area contributed by atoms with Gasteiger partial charge in [-0.25, -0.2) is 9.48 Å². The molecule has 0 aliphatic heterocycles. The van der Waals surface area contributed by atoms with Gasteiger partial charge in [-0.15, -0.1) is 5.10 Å². The van der Waals surface area contributed by atoms with Gasteiger partial charge in [0.25, 0.3) is 0 Å². The SMILES string of the molecule is CCCCN(CC(N)=O)C(=O)Cn1cc(C(=O)O)nn1. The van der Waals surface area contributed by atoms with Gasteiger partial charge in [0, 0.05) is 6.54 Å². The molecule has 3 N–H and O–H groups in total. The van der Waals surface area contributed by atoms with Crippen molar-refractivity contribution in [2.75, 3.05) is 13.1 Å². The van der Waals surface area contributed by atoms with E-state index >= 15 is 0 Å². The van der Waals surface area contributed by atoms with Crippen molar-refractivity contribution in [3.8, 4) is 0 Å². The number of unbranched alkanes of at least 4 members (excludes halogenated alkanes) is 1. The molecule has 110 valence electrons. The smallest absolute Gasteiger partial charge is 0.358 e. The molecule has 2 amide bonds. The van der Waals surface area contributed by atoms with Crippen LogP contribution < -0.4 is 5.73 Å². The predicted octanol–water partition coefficient (Wildman–Crippen LogP) is -0.910. The molecule has 1 rings (SSSR count). The fraction of sp³-hybridized carbons (Fsp3) is 0.545. The molecule has 0 saturated carbocycles. The molecule has 1 heterocycles. The number of carbonyl (C=O) groups is 3. The van der Waals surface area contributed by atoms with Crippen LogP contribution in [0.15, 0.2) is 6.20 Å². The molecular weight excluding hydrogens is 266 g/mol. The Hall–Kier alpha value is -2.45. The first-order valence-electron chi connectivity index (χ1n) is 6.13. The lowest BCUT2D eigenvalue weighted by atomic mass is 10.3. The lowest BCUT2D eigenvalue weighted by Crippen LogP contribution is -2.40. The minimum absolute atomic E-state index is 0.167. The molecule has 0 unspecified atom stereocenters. The Kier molecular flexibility index (Phi) is 5.63. The van der Waals surface area contributed by atoms with E-state index in [4.69, 9.17) is 10.8 Å². The van der Waals surface area contributed by atoms with Gasteiger partial charge in [0.05, 0.1) is 12.7 Å².